The first-order chi connectivity index (χ1) is 7.18. The number of sulfone groups is 1. The zero-order valence-corrected chi connectivity index (χ0v) is 9.62. The summed E-state index contributed by atoms with van der Waals surface area (Å²) in [7, 11) is -8.31. The number of benzene rings is 1. The molecule has 0 radical (unpaired) electrons. The largest absolute Gasteiger partial charge is 0.398 e. The van der Waals surface area contributed by atoms with E-state index in [1.54, 1.807) is 0 Å². The minimum absolute atomic E-state index is 0.231. The van der Waals surface area contributed by atoms with E-state index in [0.717, 1.165) is 18.2 Å². The van der Waals surface area contributed by atoms with Gasteiger partial charge in [-0.05, 0) is 18.2 Å². The molecule has 3 N–H and O–H groups in total. The number of hydrogen-bond donors (Lipinski definition) is 2. The van der Waals surface area contributed by atoms with Gasteiger partial charge >= 0.3 is 0 Å². The molecular formula is C8H9NO5S2. The molecule has 1 rings (SSSR count). The van der Waals surface area contributed by atoms with Crippen LogP contribution in [0.2, 0.25) is 0 Å². The van der Waals surface area contributed by atoms with E-state index in [0.29, 0.717) is 5.41 Å². The third kappa shape index (κ3) is 2.40. The standard InChI is InChI=1S/C8H9NO5S2/c1-2-15(10,11)6-3-4-7(9)8(5-6)16(12,13)14/h2-5H,1,9H2,(H,12,13,14). The molecule has 16 heavy (non-hydrogen) atoms. The molecule has 0 aromatic heterocycles. The van der Waals surface area contributed by atoms with Crippen LogP contribution in [0, 0.1) is 0 Å². The highest BCUT2D eigenvalue weighted by Gasteiger charge is 2.18. The zero-order chi connectivity index (χ0) is 12.6. The van der Waals surface area contributed by atoms with Crippen LogP contribution in [0.4, 0.5) is 5.69 Å². The Hall–Kier alpha value is -1.38. The molecule has 0 atom stereocenters. The Kier molecular flexibility index (Phi) is 3.08. The maximum absolute atomic E-state index is 11.4. The smallest absolute Gasteiger partial charge is 0.296 e. The highest BCUT2D eigenvalue weighted by Crippen LogP contribution is 2.23. The Balaban J connectivity index is 3.59. The molecule has 8 heteroatoms. The number of nitrogen functional groups attached to an aromatic ring is 1. The maximum Gasteiger partial charge on any atom is 0.296 e. The van der Waals surface area contributed by atoms with Gasteiger partial charge in [0.2, 0.25) is 0 Å². The average Bonchev–Trinajstić information content (AvgIpc) is 2.16. The molecule has 0 aliphatic heterocycles. The summed E-state index contributed by atoms with van der Waals surface area (Å²) in [5, 5.41) is 0.673. The summed E-state index contributed by atoms with van der Waals surface area (Å²) >= 11 is 0. The quantitative estimate of drug-likeness (QED) is 0.603. The predicted molar refractivity (Wildman–Crippen MR) is 58.1 cm³/mol. The molecule has 1 aromatic carbocycles. The zero-order valence-electron chi connectivity index (χ0n) is 7.99. The summed E-state index contributed by atoms with van der Waals surface area (Å²) in [6.45, 7) is 3.09. The van der Waals surface area contributed by atoms with Gasteiger partial charge in [-0.2, -0.15) is 8.42 Å². The monoisotopic (exact) mass is 263 g/mol. The fourth-order valence-corrected chi connectivity index (χ4v) is 2.46. The van der Waals surface area contributed by atoms with Crippen LogP contribution in [0.1, 0.15) is 0 Å². The lowest BCUT2D eigenvalue weighted by Crippen LogP contribution is -2.05. The van der Waals surface area contributed by atoms with Crippen molar-refractivity contribution in [2.75, 3.05) is 5.73 Å². The van der Waals surface area contributed by atoms with E-state index in [9.17, 15) is 16.8 Å². The minimum atomic E-state index is -4.55. The van der Waals surface area contributed by atoms with E-state index in [1.165, 1.54) is 0 Å². The second kappa shape index (κ2) is 3.89. The third-order valence-electron chi connectivity index (χ3n) is 1.81. The first-order valence-electron chi connectivity index (χ1n) is 3.93. The van der Waals surface area contributed by atoms with Gasteiger partial charge in [-0.15, -0.1) is 0 Å². The average molecular weight is 263 g/mol. The summed E-state index contributed by atoms with van der Waals surface area (Å²) < 4.78 is 53.3. The Bertz CT molecular complexity index is 630. The van der Waals surface area contributed by atoms with Crippen molar-refractivity contribution < 1.29 is 21.4 Å². The molecule has 1 aromatic rings. The summed E-state index contributed by atoms with van der Waals surface area (Å²) in [5.41, 5.74) is 5.07. The third-order valence-corrected chi connectivity index (χ3v) is 4.07. The Morgan fingerprint density at radius 2 is 1.81 bits per heavy atom. The fourth-order valence-electron chi connectivity index (χ4n) is 1.01. The molecule has 0 aliphatic rings. The maximum atomic E-state index is 11.4. The molecule has 0 amide bonds. The fraction of sp³-hybridized carbons (Fsp3) is 0. The predicted octanol–water partition coefficient (Wildman–Crippen LogP) is 0.433. The Morgan fingerprint density at radius 1 is 1.25 bits per heavy atom. The van der Waals surface area contributed by atoms with E-state index in [2.05, 4.69) is 6.58 Å². The Morgan fingerprint density at radius 3 is 2.25 bits per heavy atom. The second-order valence-corrected chi connectivity index (χ2v) is 6.17. The van der Waals surface area contributed by atoms with Crippen LogP contribution < -0.4 is 5.73 Å². The minimum Gasteiger partial charge on any atom is -0.398 e. The van der Waals surface area contributed by atoms with Gasteiger partial charge in [0.15, 0.2) is 9.84 Å². The summed E-state index contributed by atoms with van der Waals surface area (Å²) in [6.07, 6.45) is 0. The van der Waals surface area contributed by atoms with Gasteiger partial charge in [0, 0.05) is 5.41 Å². The molecule has 88 valence electrons. The van der Waals surface area contributed by atoms with Crippen LogP contribution in [0.25, 0.3) is 0 Å². The van der Waals surface area contributed by atoms with Gasteiger partial charge in [-0.1, -0.05) is 6.58 Å². The van der Waals surface area contributed by atoms with Crippen molar-refractivity contribution in [3.63, 3.8) is 0 Å². The lowest BCUT2D eigenvalue weighted by Gasteiger charge is -2.04. The highest BCUT2D eigenvalue weighted by atomic mass is 32.2. The molecular weight excluding hydrogens is 254 g/mol. The molecule has 0 spiro atoms. The molecule has 6 nitrogen and oxygen atoms in total. The van der Waals surface area contributed by atoms with Crippen molar-refractivity contribution in [2.45, 2.75) is 9.79 Å². The van der Waals surface area contributed by atoms with Crippen LogP contribution in [0.15, 0.2) is 40.0 Å². The summed E-state index contributed by atoms with van der Waals surface area (Å²) in [4.78, 5) is -0.945. The molecule has 0 aliphatic carbocycles. The van der Waals surface area contributed by atoms with Crippen LogP contribution in [0.3, 0.4) is 0 Å². The van der Waals surface area contributed by atoms with E-state index < -0.39 is 24.9 Å². The van der Waals surface area contributed by atoms with Gasteiger partial charge in [0.1, 0.15) is 4.90 Å². The van der Waals surface area contributed by atoms with Crippen molar-refractivity contribution in [1.82, 2.24) is 0 Å². The van der Waals surface area contributed by atoms with E-state index in [1.807, 2.05) is 0 Å². The lowest BCUT2D eigenvalue weighted by molar-refractivity contribution is 0.483. The highest BCUT2D eigenvalue weighted by molar-refractivity contribution is 7.94. The number of nitrogens with two attached hydrogens (primary N) is 1. The summed E-state index contributed by atoms with van der Waals surface area (Å²) in [5.74, 6) is 0. The van der Waals surface area contributed by atoms with Crippen LogP contribution in [-0.2, 0) is 20.0 Å². The van der Waals surface area contributed by atoms with E-state index in [4.69, 9.17) is 10.3 Å². The van der Waals surface area contributed by atoms with E-state index >= 15 is 0 Å². The van der Waals surface area contributed by atoms with Crippen molar-refractivity contribution in [3.05, 3.63) is 30.2 Å². The normalized spacial score (nSPS) is 12.3. The van der Waals surface area contributed by atoms with Crippen LogP contribution >= 0.6 is 0 Å². The first-order valence-corrected chi connectivity index (χ1v) is 6.91. The van der Waals surface area contributed by atoms with Crippen LogP contribution in [-0.4, -0.2) is 21.4 Å². The van der Waals surface area contributed by atoms with Gasteiger partial charge in [-0.25, -0.2) is 8.42 Å². The van der Waals surface area contributed by atoms with Crippen LogP contribution in [0.5, 0.6) is 0 Å². The Labute approximate surface area is 93.1 Å². The van der Waals surface area contributed by atoms with Crippen molar-refractivity contribution in [3.8, 4) is 0 Å². The molecule has 0 saturated carbocycles. The SMILES string of the molecule is C=CS(=O)(=O)c1ccc(N)c(S(=O)(=O)O)c1. The van der Waals surface area contributed by atoms with Gasteiger partial charge < -0.3 is 5.73 Å². The molecule has 0 bridgehead atoms. The topological polar surface area (TPSA) is 115 Å². The number of rotatable bonds is 3. The van der Waals surface area contributed by atoms with Crippen molar-refractivity contribution >= 4 is 25.6 Å². The number of anilines is 1. The number of hydrogen-bond acceptors (Lipinski definition) is 5. The lowest BCUT2D eigenvalue weighted by atomic mass is 10.3. The second-order valence-electron chi connectivity index (χ2n) is 2.89. The molecule has 0 saturated heterocycles. The van der Waals surface area contributed by atoms with Gasteiger partial charge in [0.25, 0.3) is 10.1 Å². The van der Waals surface area contributed by atoms with Gasteiger partial charge in [0.05, 0.1) is 10.6 Å². The summed E-state index contributed by atoms with van der Waals surface area (Å²) in [6, 6.07) is 2.99. The molecule has 0 heterocycles. The molecule has 0 unspecified atom stereocenters. The first kappa shape index (κ1) is 12.7. The molecule has 0 fully saturated rings. The van der Waals surface area contributed by atoms with E-state index in [-0.39, 0.29) is 10.6 Å². The van der Waals surface area contributed by atoms with Crippen molar-refractivity contribution in [1.29, 1.82) is 0 Å². The van der Waals surface area contributed by atoms with Crippen molar-refractivity contribution in [2.24, 2.45) is 0 Å². The van der Waals surface area contributed by atoms with Gasteiger partial charge in [-0.3, -0.25) is 4.55 Å².